The van der Waals surface area contributed by atoms with E-state index in [9.17, 15) is 0 Å². The molecule has 0 bridgehead atoms. The van der Waals surface area contributed by atoms with Crippen molar-refractivity contribution in [2.75, 3.05) is 0 Å². The summed E-state index contributed by atoms with van der Waals surface area (Å²) < 4.78 is 0. The minimum absolute atomic E-state index is 0. The molecule has 0 spiro atoms. The number of unbranched alkanes of at least 4 members (excludes halogenated alkanes) is 6. The van der Waals surface area contributed by atoms with Crippen LogP contribution in [0.15, 0.2) is 0 Å². The van der Waals surface area contributed by atoms with Gasteiger partial charge in [-0.05, 0) is 0 Å². The number of hydrogen-bond donors (Lipinski definition) is 0. The van der Waals surface area contributed by atoms with Crippen LogP contribution in [0.1, 0.15) is 170 Å². The Morgan fingerprint density at radius 3 is 0.400 bits per heavy atom. The van der Waals surface area contributed by atoms with Gasteiger partial charge in [0.25, 0.3) is 0 Å². The SMILES string of the molecule is C.C.C.C.CCC.CCC.CCC.CCCCCC.CCCCCC.[CH3-].[CH3-].[Y].[Y].[Y]. The van der Waals surface area contributed by atoms with Crippen LogP contribution < -0.4 is 0 Å². The van der Waals surface area contributed by atoms with Crippen LogP contribution in [-0.4, -0.2) is 0 Å². The minimum atomic E-state index is 0. The average Bonchev–Trinajstić information content (AvgIpc) is 2.46. The summed E-state index contributed by atoms with van der Waals surface area (Å²) in [7, 11) is 0. The van der Waals surface area contributed by atoms with Crippen molar-refractivity contribution in [2.24, 2.45) is 0 Å². The zero-order valence-corrected chi connectivity index (χ0v) is 30.0. The standard InChI is InChI=1S/2C6H14.3C3H8.4CH4.2CH3.3Y/c2*1-3-5-6-4-2;3*1-3-2;;;;;;;;;/h2*3-6H2,1-2H3;3*3H2,1-2H3;4*1H4;2*1H3;;;/q;;;;;;;;;2*-1;;;. The molecule has 0 amide bonds. The van der Waals surface area contributed by atoms with Gasteiger partial charge in [0.05, 0.1) is 0 Å². The first kappa shape index (κ1) is 93.3. The van der Waals surface area contributed by atoms with E-state index in [4.69, 9.17) is 0 Å². The fraction of sp³-hybridized carbons (Fsp3) is 0.926. The van der Waals surface area contributed by atoms with E-state index in [1.165, 1.54) is 70.6 Å². The maximum Gasteiger partial charge on any atom is 0 e. The van der Waals surface area contributed by atoms with Gasteiger partial charge in [0.2, 0.25) is 0 Å². The third-order valence-electron chi connectivity index (χ3n) is 1.91. The Labute approximate surface area is 278 Å². The van der Waals surface area contributed by atoms with E-state index in [0.717, 1.165) is 0 Å². The van der Waals surface area contributed by atoms with Gasteiger partial charge in [-0.3, -0.25) is 0 Å². The van der Waals surface area contributed by atoms with E-state index < -0.39 is 0 Å². The van der Waals surface area contributed by atoms with E-state index in [1.807, 2.05) is 0 Å². The van der Waals surface area contributed by atoms with E-state index in [2.05, 4.69) is 69.2 Å². The van der Waals surface area contributed by atoms with Crippen molar-refractivity contribution < 1.29 is 98.1 Å². The summed E-state index contributed by atoms with van der Waals surface area (Å²) >= 11 is 0. The molecular weight excluding hydrogens is 591 g/mol. The quantitative estimate of drug-likeness (QED) is 0.196. The molecule has 30 heavy (non-hydrogen) atoms. The Hall–Kier alpha value is 3.31. The van der Waals surface area contributed by atoms with Crippen molar-refractivity contribution >= 4 is 0 Å². The molecule has 0 saturated carbocycles. The zero-order valence-electron chi connectivity index (χ0n) is 21.5. The smallest absolute Gasteiger partial charge is 0 e. The second kappa shape index (κ2) is 155. The largest absolute Gasteiger partial charge is 0.358 e. The van der Waals surface area contributed by atoms with Crippen molar-refractivity contribution in [1.29, 1.82) is 0 Å². The maximum atomic E-state index is 2.23. The summed E-state index contributed by atoms with van der Waals surface area (Å²) in [6, 6.07) is 0. The van der Waals surface area contributed by atoms with Crippen LogP contribution in [0, 0.1) is 14.9 Å². The molecule has 0 aliphatic heterocycles. The third kappa shape index (κ3) is 332. The van der Waals surface area contributed by atoms with Crippen LogP contribution in [0.5, 0.6) is 0 Å². The summed E-state index contributed by atoms with van der Waals surface area (Å²) in [5.41, 5.74) is 0. The second-order valence-corrected chi connectivity index (χ2v) is 5.54. The molecule has 0 fully saturated rings. The molecule has 0 atom stereocenters. The van der Waals surface area contributed by atoms with E-state index >= 15 is 0 Å². The van der Waals surface area contributed by atoms with E-state index in [-0.39, 0.29) is 143 Å². The summed E-state index contributed by atoms with van der Waals surface area (Å²) in [6.45, 7) is 21.7. The summed E-state index contributed by atoms with van der Waals surface area (Å²) in [5, 5.41) is 0. The molecule has 0 aromatic heterocycles. The first-order valence-electron chi connectivity index (χ1n) is 10.1. The van der Waals surface area contributed by atoms with Crippen molar-refractivity contribution in [3.05, 3.63) is 14.9 Å². The molecule has 0 nitrogen and oxygen atoms in total. The molecule has 0 unspecified atom stereocenters. The molecule has 0 aliphatic rings. The second-order valence-electron chi connectivity index (χ2n) is 5.54. The molecule has 0 aromatic carbocycles. The molecule has 0 N–H and O–H groups in total. The predicted molar refractivity (Wildman–Crippen MR) is 147 cm³/mol. The summed E-state index contributed by atoms with van der Waals surface area (Å²) in [6.07, 6.45) is 14.8. The van der Waals surface area contributed by atoms with Crippen LogP contribution in [0.4, 0.5) is 0 Å². The van der Waals surface area contributed by atoms with Crippen molar-refractivity contribution in [2.45, 2.75) is 170 Å². The van der Waals surface area contributed by atoms with Crippen LogP contribution in [0.3, 0.4) is 0 Å². The van der Waals surface area contributed by atoms with Crippen LogP contribution in [0.2, 0.25) is 0 Å². The van der Waals surface area contributed by atoms with Crippen molar-refractivity contribution in [3.63, 3.8) is 0 Å². The number of hydrogen-bond acceptors (Lipinski definition) is 0. The first-order valence-corrected chi connectivity index (χ1v) is 10.1. The molecule has 0 aromatic rings. The molecule has 3 heteroatoms. The Morgan fingerprint density at radius 2 is 0.367 bits per heavy atom. The zero-order chi connectivity index (χ0) is 17.8. The first-order chi connectivity index (χ1) is 10.1. The monoisotopic (exact) mass is 665 g/mol. The van der Waals surface area contributed by atoms with Gasteiger partial charge >= 0.3 is 0 Å². The topological polar surface area (TPSA) is 0 Å². The number of rotatable bonds is 6. The fourth-order valence-electron chi connectivity index (χ4n) is 1.000. The Morgan fingerprint density at radius 1 is 0.300 bits per heavy atom. The van der Waals surface area contributed by atoms with Crippen LogP contribution in [0.25, 0.3) is 0 Å². The van der Waals surface area contributed by atoms with Gasteiger partial charge in [-0.15, -0.1) is 0 Å². The maximum absolute atomic E-state index is 2.23. The molecule has 0 saturated heterocycles. The predicted octanol–water partition coefficient (Wildman–Crippen LogP) is 12.9. The third-order valence-corrected chi connectivity index (χ3v) is 1.91. The van der Waals surface area contributed by atoms with Gasteiger partial charge in [-0.25, -0.2) is 0 Å². The van der Waals surface area contributed by atoms with E-state index in [1.54, 1.807) is 0 Å². The van der Waals surface area contributed by atoms with Crippen molar-refractivity contribution in [3.8, 4) is 0 Å². The molecule has 0 rings (SSSR count). The summed E-state index contributed by atoms with van der Waals surface area (Å²) in [4.78, 5) is 0. The minimum Gasteiger partial charge on any atom is -0.358 e. The van der Waals surface area contributed by atoms with Gasteiger partial charge in [-0.1, -0.05) is 170 Å². The Bertz CT molecular complexity index is 69.4. The fourth-order valence-corrected chi connectivity index (χ4v) is 1.000. The van der Waals surface area contributed by atoms with Gasteiger partial charge in [0.15, 0.2) is 0 Å². The summed E-state index contributed by atoms with van der Waals surface area (Å²) in [5.74, 6) is 0. The Balaban J connectivity index is -0.00000000852. The van der Waals surface area contributed by atoms with Gasteiger partial charge < -0.3 is 14.9 Å². The molecular formula is C27H74Y3-2. The van der Waals surface area contributed by atoms with Crippen LogP contribution >= 0.6 is 0 Å². The molecule has 3 radical (unpaired) electrons. The normalized spacial score (nSPS) is 5.40. The molecule has 0 heterocycles. The average molecular weight is 666 g/mol. The van der Waals surface area contributed by atoms with Gasteiger partial charge in [-0.2, -0.15) is 0 Å². The van der Waals surface area contributed by atoms with Crippen molar-refractivity contribution in [1.82, 2.24) is 0 Å². The molecule has 0 aliphatic carbocycles. The Kier molecular flexibility index (Phi) is 481. The molecule has 193 valence electrons. The van der Waals surface area contributed by atoms with Crippen LogP contribution in [-0.2, 0) is 98.1 Å². The van der Waals surface area contributed by atoms with E-state index in [0.29, 0.717) is 0 Å². The van der Waals surface area contributed by atoms with Gasteiger partial charge in [0.1, 0.15) is 0 Å². The van der Waals surface area contributed by atoms with Gasteiger partial charge in [0, 0.05) is 98.1 Å².